The van der Waals surface area contributed by atoms with Crippen LogP contribution in [0, 0.1) is 0 Å². The van der Waals surface area contributed by atoms with Crippen LogP contribution in [0.4, 0.5) is 14.4 Å². The topological polar surface area (TPSA) is 146 Å². The van der Waals surface area contributed by atoms with Crippen molar-refractivity contribution in [1.29, 1.82) is 0 Å². The maximum Gasteiger partial charge on any atom is 0.406 e. The smallest absolute Gasteiger partial charge is 0.406 e. The lowest BCUT2D eigenvalue weighted by atomic mass is 10.4. The van der Waals surface area contributed by atoms with Crippen LogP contribution in [0.3, 0.4) is 0 Å². The molecule has 0 aliphatic carbocycles. The third-order valence-electron chi connectivity index (χ3n) is 2.15. The van der Waals surface area contributed by atoms with E-state index in [9.17, 15) is 14.4 Å². The Morgan fingerprint density at radius 1 is 0.900 bits per heavy atom. The lowest BCUT2D eigenvalue weighted by molar-refractivity contribution is 0.0947. The molecule has 10 nitrogen and oxygen atoms in total. The zero-order chi connectivity index (χ0) is 15.4. The summed E-state index contributed by atoms with van der Waals surface area (Å²) in [6.07, 6.45) is -2.30. The lowest BCUT2D eigenvalue weighted by Crippen LogP contribution is -2.36. The van der Waals surface area contributed by atoms with E-state index in [2.05, 4.69) is 14.8 Å². The van der Waals surface area contributed by atoms with E-state index in [1.807, 2.05) is 0 Å². The van der Waals surface area contributed by atoms with E-state index >= 15 is 0 Å². The van der Waals surface area contributed by atoms with E-state index in [1.54, 1.807) is 4.90 Å². The molecule has 20 heavy (non-hydrogen) atoms. The average molecular weight is 292 g/mol. The molecular formula is C10H20N4O6. The first-order valence-electron chi connectivity index (χ1n) is 5.87. The van der Waals surface area contributed by atoms with Gasteiger partial charge in [-0.3, -0.25) is 4.90 Å². The molecule has 116 valence electrons. The van der Waals surface area contributed by atoms with E-state index in [4.69, 9.17) is 16.2 Å². The van der Waals surface area contributed by atoms with Crippen molar-refractivity contribution in [2.45, 2.75) is 0 Å². The van der Waals surface area contributed by atoms with Crippen LogP contribution in [-0.2, 0) is 14.2 Å². The lowest BCUT2D eigenvalue weighted by Gasteiger charge is -2.21. The predicted molar refractivity (Wildman–Crippen MR) is 67.9 cm³/mol. The molecule has 0 saturated carbocycles. The number of nitrogens with zero attached hydrogens (tertiary/aromatic N) is 1. The molecule has 0 saturated heterocycles. The first-order valence-corrected chi connectivity index (χ1v) is 5.87. The fourth-order valence-electron chi connectivity index (χ4n) is 1.23. The quantitative estimate of drug-likeness (QED) is 0.454. The van der Waals surface area contributed by atoms with Gasteiger partial charge in [0.1, 0.15) is 19.8 Å². The molecule has 0 rings (SSSR count). The van der Waals surface area contributed by atoms with E-state index in [-0.39, 0.29) is 19.8 Å². The van der Waals surface area contributed by atoms with Crippen LogP contribution in [0.1, 0.15) is 0 Å². The second-order valence-corrected chi connectivity index (χ2v) is 3.56. The number of nitrogens with one attached hydrogen (secondary N) is 1. The molecule has 5 N–H and O–H groups in total. The van der Waals surface area contributed by atoms with Gasteiger partial charge in [-0.15, -0.1) is 0 Å². The van der Waals surface area contributed by atoms with Gasteiger partial charge in [-0.2, -0.15) is 0 Å². The van der Waals surface area contributed by atoms with Gasteiger partial charge in [0.2, 0.25) is 0 Å². The van der Waals surface area contributed by atoms with Crippen molar-refractivity contribution in [2.75, 3.05) is 46.5 Å². The van der Waals surface area contributed by atoms with Crippen molar-refractivity contribution < 1.29 is 28.6 Å². The standard InChI is InChI=1S/C10H20N4O6/c1-13-10(17)20-7-4-14(2-5-18-8(11)15)3-6-19-9(12)16/h2-7H2,1H3,(H2,11,15)(H2,12,16)(H,13,17). The third-order valence-corrected chi connectivity index (χ3v) is 2.15. The Morgan fingerprint density at radius 3 is 1.65 bits per heavy atom. The SMILES string of the molecule is CNC(=O)OCCN(CCOC(N)=O)CCOC(N)=O. The largest absolute Gasteiger partial charge is 0.448 e. The Morgan fingerprint density at radius 2 is 1.30 bits per heavy atom. The van der Waals surface area contributed by atoms with E-state index in [0.29, 0.717) is 19.6 Å². The fourth-order valence-corrected chi connectivity index (χ4v) is 1.23. The Balaban J connectivity index is 3.99. The fraction of sp³-hybridized carbons (Fsp3) is 0.700. The number of carbonyl (C=O) groups is 3. The normalized spacial score (nSPS) is 9.90. The summed E-state index contributed by atoms with van der Waals surface area (Å²) in [4.78, 5) is 33.5. The van der Waals surface area contributed by atoms with Gasteiger partial charge in [0.25, 0.3) is 0 Å². The molecule has 0 aromatic heterocycles. The highest BCUT2D eigenvalue weighted by molar-refractivity contribution is 5.66. The molecule has 0 aliphatic rings. The van der Waals surface area contributed by atoms with E-state index in [0.717, 1.165) is 0 Å². The second kappa shape index (κ2) is 10.7. The minimum atomic E-state index is -0.875. The monoisotopic (exact) mass is 292 g/mol. The highest BCUT2D eigenvalue weighted by Gasteiger charge is 2.08. The average Bonchev–Trinajstić information content (AvgIpc) is 2.37. The molecule has 0 heterocycles. The van der Waals surface area contributed by atoms with Gasteiger partial charge < -0.3 is 31.0 Å². The number of nitrogens with two attached hydrogens (primary N) is 2. The van der Waals surface area contributed by atoms with Crippen molar-refractivity contribution in [2.24, 2.45) is 11.5 Å². The molecule has 0 unspecified atom stereocenters. The summed E-state index contributed by atoms with van der Waals surface area (Å²) < 4.78 is 14.0. The molecule has 0 aromatic rings. The molecular weight excluding hydrogens is 272 g/mol. The van der Waals surface area contributed by atoms with Crippen LogP contribution in [0.15, 0.2) is 0 Å². The first-order chi connectivity index (χ1) is 9.45. The van der Waals surface area contributed by atoms with Crippen LogP contribution >= 0.6 is 0 Å². The van der Waals surface area contributed by atoms with Crippen LogP contribution in [0.5, 0.6) is 0 Å². The summed E-state index contributed by atoms with van der Waals surface area (Å²) >= 11 is 0. The van der Waals surface area contributed by atoms with Gasteiger partial charge in [-0.05, 0) is 0 Å². The van der Waals surface area contributed by atoms with Gasteiger partial charge in [-0.1, -0.05) is 0 Å². The number of amides is 3. The Hall–Kier alpha value is -2.23. The zero-order valence-corrected chi connectivity index (χ0v) is 11.3. The van der Waals surface area contributed by atoms with E-state index < -0.39 is 18.3 Å². The Kier molecular flexibility index (Phi) is 9.48. The molecule has 0 bridgehead atoms. The van der Waals surface area contributed by atoms with Crippen LogP contribution in [0.2, 0.25) is 0 Å². The zero-order valence-electron chi connectivity index (χ0n) is 11.3. The first kappa shape index (κ1) is 17.8. The molecule has 10 heteroatoms. The number of rotatable bonds is 9. The van der Waals surface area contributed by atoms with Crippen LogP contribution in [-0.4, -0.2) is 69.7 Å². The van der Waals surface area contributed by atoms with Gasteiger partial charge in [0.05, 0.1) is 0 Å². The highest BCUT2D eigenvalue weighted by atomic mass is 16.6. The number of hydrogen-bond acceptors (Lipinski definition) is 7. The highest BCUT2D eigenvalue weighted by Crippen LogP contribution is 1.91. The molecule has 0 atom stereocenters. The maximum absolute atomic E-state index is 10.9. The summed E-state index contributed by atoms with van der Waals surface area (Å²) in [7, 11) is 1.45. The van der Waals surface area contributed by atoms with Crippen molar-refractivity contribution in [1.82, 2.24) is 10.2 Å². The molecule has 0 spiro atoms. The summed E-state index contributed by atoms with van der Waals surface area (Å²) in [5.41, 5.74) is 9.67. The molecule has 0 radical (unpaired) electrons. The Bertz CT molecular complexity index is 305. The minimum absolute atomic E-state index is 0.0753. The number of alkyl carbamates (subject to hydrolysis) is 1. The molecule has 3 amide bonds. The summed E-state index contributed by atoms with van der Waals surface area (Å²) in [6, 6.07) is 0. The minimum Gasteiger partial charge on any atom is -0.448 e. The number of hydrogen-bond donors (Lipinski definition) is 3. The van der Waals surface area contributed by atoms with Gasteiger partial charge in [0, 0.05) is 26.7 Å². The van der Waals surface area contributed by atoms with Crippen molar-refractivity contribution in [3.05, 3.63) is 0 Å². The summed E-state index contributed by atoms with van der Waals surface area (Å²) in [5, 5.41) is 2.30. The number of ether oxygens (including phenoxy) is 3. The summed E-state index contributed by atoms with van der Waals surface area (Å²) in [6.45, 7) is 1.35. The van der Waals surface area contributed by atoms with Crippen LogP contribution < -0.4 is 16.8 Å². The van der Waals surface area contributed by atoms with Crippen molar-refractivity contribution in [3.63, 3.8) is 0 Å². The van der Waals surface area contributed by atoms with Gasteiger partial charge in [-0.25, -0.2) is 14.4 Å². The molecule has 0 aliphatic heterocycles. The predicted octanol–water partition coefficient (Wildman–Crippen LogP) is -1.16. The summed E-state index contributed by atoms with van der Waals surface area (Å²) in [5.74, 6) is 0. The van der Waals surface area contributed by atoms with Gasteiger partial charge >= 0.3 is 18.3 Å². The van der Waals surface area contributed by atoms with Gasteiger partial charge in [0.15, 0.2) is 0 Å². The van der Waals surface area contributed by atoms with Crippen LogP contribution in [0.25, 0.3) is 0 Å². The van der Waals surface area contributed by atoms with Crippen molar-refractivity contribution >= 4 is 18.3 Å². The third kappa shape index (κ3) is 10.9. The molecule has 0 fully saturated rings. The molecule has 0 aromatic carbocycles. The second-order valence-electron chi connectivity index (χ2n) is 3.56. The maximum atomic E-state index is 10.9. The number of primary amides is 2. The van der Waals surface area contributed by atoms with Crippen molar-refractivity contribution in [3.8, 4) is 0 Å². The van der Waals surface area contributed by atoms with E-state index in [1.165, 1.54) is 7.05 Å². The Labute approximate surface area is 116 Å². The number of carbonyl (C=O) groups excluding carboxylic acids is 3.